The van der Waals surface area contributed by atoms with Crippen LogP contribution in [0.5, 0.6) is 5.75 Å². The zero-order valence-electron chi connectivity index (χ0n) is 11.7. The molecule has 0 heterocycles. The number of nitrogens with one attached hydrogen (secondary N) is 1. The lowest BCUT2D eigenvalue weighted by molar-refractivity contribution is 0.102. The Morgan fingerprint density at radius 1 is 1.29 bits per heavy atom. The van der Waals surface area contributed by atoms with Gasteiger partial charge in [0.05, 0.1) is 12.2 Å². The van der Waals surface area contributed by atoms with Crippen molar-refractivity contribution in [2.75, 3.05) is 11.9 Å². The molecule has 1 N–H and O–H groups in total. The number of amides is 1. The van der Waals surface area contributed by atoms with Gasteiger partial charge in [-0.25, -0.2) is 0 Å². The van der Waals surface area contributed by atoms with Gasteiger partial charge in [0, 0.05) is 15.2 Å². The molecule has 0 saturated heterocycles. The van der Waals surface area contributed by atoms with Gasteiger partial charge >= 0.3 is 0 Å². The second-order valence-electron chi connectivity index (χ2n) is 4.49. The molecule has 0 aliphatic carbocycles. The fourth-order valence-corrected chi connectivity index (χ4v) is 2.57. The van der Waals surface area contributed by atoms with Gasteiger partial charge in [0.15, 0.2) is 0 Å². The first-order valence-corrected chi connectivity index (χ1v) is 7.68. The van der Waals surface area contributed by atoms with Gasteiger partial charge in [-0.2, -0.15) is 0 Å². The maximum atomic E-state index is 12.4. The maximum Gasteiger partial charge on any atom is 0.259 e. The molecule has 2 rings (SSSR count). The summed E-state index contributed by atoms with van der Waals surface area (Å²) in [7, 11) is 0. The molecule has 0 saturated carbocycles. The van der Waals surface area contributed by atoms with E-state index in [4.69, 9.17) is 16.3 Å². The van der Waals surface area contributed by atoms with Gasteiger partial charge in [0.2, 0.25) is 0 Å². The van der Waals surface area contributed by atoms with Crippen LogP contribution in [0, 0.1) is 6.92 Å². The highest BCUT2D eigenvalue weighted by Gasteiger charge is 2.14. The van der Waals surface area contributed by atoms with E-state index in [1.807, 2.05) is 32.0 Å². The minimum atomic E-state index is -0.244. The smallest absolute Gasteiger partial charge is 0.259 e. The fraction of sp³-hybridized carbons (Fsp3) is 0.188. The van der Waals surface area contributed by atoms with Crippen LogP contribution in [0.15, 0.2) is 40.9 Å². The van der Waals surface area contributed by atoms with Crippen LogP contribution in [0.2, 0.25) is 5.02 Å². The monoisotopic (exact) mass is 367 g/mol. The fourth-order valence-electron chi connectivity index (χ4n) is 1.92. The van der Waals surface area contributed by atoms with Crippen LogP contribution in [-0.4, -0.2) is 12.5 Å². The van der Waals surface area contributed by atoms with Crippen LogP contribution >= 0.6 is 27.5 Å². The Hall–Kier alpha value is -1.52. The minimum Gasteiger partial charge on any atom is -0.493 e. The molecular formula is C16H15BrClNO2. The predicted molar refractivity (Wildman–Crippen MR) is 89.5 cm³/mol. The highest BCUT2D eigenvalue weighted by molar-refractivity contribution is 9.10. The summed E-state index contributed by atoms with van der Waals surface area (Å²) in [5, 5.41) is 3.38. The van der Waals surface area contributed by atoms with E-state index in [1.54, 1.807) is 18.2 Å². The first kappa shape index (κ1) is 15.9. The molecule has 0 aliphatic rings. The van der Waals surface area contributed by atoms with Crippen molar-refractivity contribution in [3.8, 4) is 5.75 Å². The minimum absolute atomic E-state index is 0.244. The van der Waals surface area contributed by atoms with E-state index in [-0.39, 0.29) is 5.91 Å². The average molecular weight is 369 g/mol. The lowest BCUT2D eigenvalue weighted by Crippen LogP contribution is -2.14. The molecule has 0 fully saturated rings. The number of aryl methyl sites for hydroxylation is 1. The first-order valence-electron chi connectivity index (χ1n) is 6.51. The van der Waals surface area contributed by atoms with Crippen LogP contribution in [0.1, 0.15) is 22.8 Å². The van der Waals surface area contributed by atoms with E-state index in [2.05, 4.69) is 21.2 Å². The van der Waals surface area contributed by atoms with Gasteiger partial charge < -0.3 is 10.1 Å². The SMILES string of the molecule is CCOc1ccc(Cl)cc1C(=O)Nc1ccc(Br)cc1C. The second kappa shape index (κ2) is 6.96. The maximum absolute atomic E-state index is 12.4. The number of carbonyl (C=O) groups is 1. The Bertz CT molecular complexity index is 673. The Morgan fingerprint density at radius 2 is 2.05 bits per heavy atom. The lowest BCUT2D eigenvalue weighted by Gasteiger charge is -2.12. The Balaban J connectivity index is 2.29. The normalized spacial score (nSPS) is 10.3. The Kier molecular flexibility index (Phi) is 5.26. The molecule has 5 heteroatoms. The van der Waals surface area contributed by atoms with Crippen molar-refractivity contribution >= 4 is 39.1 Å². The van der Waals surface area contributed by atoms with E-state index in [0.29, 0.717) is 22.9 Å². The molecule has 3 nitrogen and oxygen atoms in total. The van der Waals surface area contributed by atoms with Gasteiger partial charge in [0.25, 0.3) is 5.91 Å². The molecule has 0 unspecified atom stereocenters. The van der Waals surface area contributed by atoms with E-state index < -0.39 is 0 Å². The lowest BCUT2D eigenvalue weighted by atomic mass is 10.1. The van der Waals surface area contributed by atoms with Crippen LogP contribution in [-0.2, 0) is 0 Å². The van der Waals surface area contributed by atoms with Crippen molar-refractivity contribution < 1.29 is 9.53 Å². The molecule has 0 bridgehead atoms. The molecule has 2 aromatic carbocycles. The molecule has 0 aliphatic heterocycles. The number of hydrogen-bond acceptors (Lipinski definition) is 2. The average Bonchev–Trinajstić information content (AvgIpc) is 2.44. The Labute approximate surface area is 137 Å². The number of halogens is 2. The van der Waals surface area contributed by atoms with Gasteiger partial charge in [-0.05, 0) is 55.8 Å². The summed E-state index contributed by atoms with van der Waals surface area (Å²) in [6.07, 6.45) is 0. The third-order valence-corrected chi connectivity index (χ3v) is 3.65. The Morgan fingerprint density at radius 3 is 2.71 bits per heavy atom. The van der Waals surface area contributed by atoms with E-state index in [0.717, 1.165) is 15.7 Å². The summed E-state index contributed by atoms with van der Waals surface area (Å²) in [6, 6.07) is 10.7. The summed E-state index contributed by atoms with van der Waals surface area (Å²) >= 11 is 9.37. The standard InChI is InChI=1S/C16H15BrClNO2/c1-3-21-15-7-5-12(18)9-13(15)16(20)19-14-6-4-11(17)8-10(14)2/h4-9H,3H2,1-2H3,(H,19,20). The first-order chi connectivity index (χ1) is 10.0. The van der Waals surface area contributed by atoms with Gasteiger partial charge in [-0.15, -0.1) is 0 Å². The summed E-state index contributed by atoms with van der Waals surface area (Å²) in [4.78, 5) is 12.4. The number of hydrogen-bond donors (Lipinski definition) is 1. The molecule has 0 aromatic heterocycles. The molecule has 0 spiro atoms. The van der Waals surface area contributed by atoms with E-state index in [1.165, 1.54) is 0 Å². The molecule has 2 aromatic rings. The third kappa shape index (κ3) is 3.99. The molecular weight excluding hydrogens is 354 g/mol. The number of carbonyl (C=O) groups excluding carboxylic acids is 1. The van der Waals surface area contributed by atoms with Crippen molar-refractivity contribution in [2.24, 2.45) is 0 Å². The number of rotatable bonds is 4. The molecule has 0 radical (unpaired) electrons. The van der Waals surface area contributed by atoms with Crippen LogP contribution in [0.25, 0.3) is 0 Å². The largest absolute Gasteiger partial charge is 0.493 e. The van der Waals surface area contributed by atoms with Crippen LogP contribution < -0.4 is 10.1 Å². The molecule has 1 amide bonds. The van der Waals surface area contributed by atoms with Gasteiger partial charge in [-0.3, -0.25) is 4.79 Å². The summed E-state index contributed by atoms with van der Waals surface area (Å²) in [5.74, 6) is 0.278. The molecule has 21 heavy (non-hydrogen) atoms. The van der Waals surface area contributed by atoms with Crippen molar-refractivity contribution in [3.05, 3.63) is 57.0 Å². The summed E-state index contributed by atoms with van der Waals surface area (Å²) in [6.45, 7) is 4.29. The number of anilines is 1. The zero-order valence-corrected chi connectivity index (χ0v) is 14.1. The van der Waals surface area contributed by atoms with Gasteiger partial charge in [0.1, 0.15) is 5.75 Å². The van der Waals surface area contributed by atoms with Crippen molar-refractivity contribution in [1.82, 2.24) is 0 Å². The van der Waals surface area contributed by atoms with E-state index in [9.17, 15) is 4.79 Å². The highest BCUT2D eigenvalue weighted by atomic mass is 79.9. The predicted octanol–water partition coefficient (Wildman–Crippen LogP) is 5.06. The number of ether oxygens (including phenoxy) is 1. The highest BCUT2D eigenvalue weighted by Crippen LogP contribution is 2.26. The molecule has 0 atom stereocenters. The van der Waals surface area contributed by atoms with Crippen molar-refractivity contribution in [2.45, 2.75) is 13.8 Å². The summed E-state index contributed by atoms with van der Waals surface area (Å²) in [5.41, 5.74) is 2.15. The van der Waals surface area contributed by atoms with Gasteiger partial charge in [-0.1, -0.05) is 27.5 Å². The van der Waals surface area contributed by atoms with Crippen LogP contribution in [0.4, 0.5) is 5.69 Å². The summed E-state index contributed by atoms with van der Waals surface area (Å²) < 4.78 is 6.44. The van der Waals surface area contributed by atoms with Crippen LogP contribution in [0.3, 0.4) is 0 Å². The van der Waals surface area contributed by atoms with Crippen molar-refractivity contribution in [3.63, 3.8) is 0 Å². The molecule has 110 valence electrons. The third-order valence-electron chi connectivity index (χ3n) is 2.92. The quantitative estimate of drug-likeness (QED) is 0.819. The zero-order chi connectivity index (χ0) is 15.4. The van der Waals surface area contributed by atoms with E-state index >= 15 is 0 Å². The number of benzene rings is 2. The van der Waals surface area contributed by atoms with Crippen molar-refractivity contribution in [1.29, 1.82) is 0 Å². The topological polar surface area (TPSA) is 38.3 Å². The second-order valence-corrected chi connectivity index (χ2v) is 5.84.